The molecule has 0 saturated carbocycles. The number of hydrogen-bond acceptors (Lipinski definition) is 4. The number of aliphatic hydroxyl groups is 1. The van der Waals surface area contributed by atoms with Crippen LogP contribution >= 0.6 is 0 Å². The standard InChI is InChI=1S/C15H21NO5/c17-13(10-20-9-12-4-2-1-3-5-12)11-21-14-6-7-16(8-14)15(18)19/h1-5,13-14,17H,6-11H2,(H,18,19). The lowest BCUT2D eigenvalue weighted by atomic mass is 10.2. The number of benzene rings is 1. The predicted octanol–water partition coefficient (Wildman–Crippen LogP) is 1.33. The van der Waals surface area contributed by atoms with Crippen molar-refractivity contribution in [2.75, 3.05) is 26.3 Å². The largest absolute Gasteiger partial charge is 0.465 e. The van der Waals surface area contributed by atoms with Crippen LogP contribution in [-0.2, 0) is 16.1 Å². The van der Waals surface area contributed by atoms with Gasteiger partial charge in [-0.25, -0.2) is 4.79 Å². The molecule has 1 aromatic rings. The molecule has 0 aliphatic carbocycles. The van der Waals surface area contributed by atoms with Crippen molar-refractivity contribution in [2.24, 2.45) is 0 Å². The number of hydrogen-bond donors (Lipinski definition) is 2. The van der Waals surface area contributed by atoms with Crippen LogP contribution in [0.4, 0.5) is 4.79 Å². The average Bonchev–Trinajstić information content (AvgIpc) is 2.95. The van der Waals surface area contributed by atoms with Gasteiger partial charge in [-0.3, -0.25) is 0 Å². The molecule has 0 bridgehead atoms. The molecule has 1 amide bonds. The van der Waals surface area contributed by atoms with Crippen LogP contribution in [0, 0.1) is 0 Å². The Balaban J connectivity index is 1.58. The number of aliphatic hydroxyl groups excluding tert-OH is 1. The summed E-state index contributed by atoms with van der Waals surface area (Å²) in [6.07, 6.45) is -1.09. The monoisotopic (exact) mass is 295 g/mol. The lowest BCUT2D eigenvalue weighted by molar-refractivity contribution is -0.0442. The molecular formula is C15H21NO5. The molecule has 2 atom stereocenters. The van der Waals surface area contributed by atoms with Crippen LogP contribution in [0.3, 0.4) is 0 Å². The van der Waals surface area contributed by atoms with Crippen LogP contribution in [0.25, 0.3) is 0 Å². The van der Waals surface area contributed by atoms with Gasteiger partial charge in [-0.1, -0.05) is 30.3 Å². The van der Waals surface area contributed by atoms with E-state index < -0.39 is 12.2 Å². The van der Waals surface area contributed by atoms with Crippen LogP contribution < -0.4 is 0 Å². The zero-order valence-corrected chi connectivity index (χ0v) is 11.9. The molecular weight excluding hydrogens is 274 g/mol. The van der Waals surface area contributed by atoms with Crippen LogP contribution in [0.5, 0.6) is 0 Å². The van der Waals surface area contributed by atoms with Crippen molar-refractivity contribution in [1.82, 2.24) is 4.90 Å². The van der Waals surface area contributed by atoms with E-state index in [0.717, 1.165) is 5.56 Å². The fourth-order valence-corrected chi connectivity index (χ4v) is 2.22. The van der Waals surface area contributed by atoms with Gasteiger partial charge >= 0.3 is 6.09 Å². The van der Waals surface area contributed by atoms with Gasteiger partial charge in [0.25, 0.3) is 0 Å². The maximum absolute atomic E-state index is 10.8. The van der Waals surface area contributed by atoms with E-state index in [1.165, 1.54) is 4.90 Å². The van der Waals surface area contributed by atoms with Crippen molar-refractivity contribution >= 4 is 6.09 Å². The highest BCUT2D eigenvalue weighted by Crippen LogP contribution is 2.13. The average molecular weight is 295 g/mol. The summed E-state index contributed by atoms with van der Waals surface area (Å²) in [5.74, 6) is 0. The quantitative estimate of drug-likeness (QED) is 0.793. The molecule has 6 heteroatoms. The van der Waals surface area contributed by atoms with E-state index in [0.29, 0.717) is 26.1 Å². The molecule has 2 N–H and O–H groups in total. The molecule has 0 aromatic heterocycles. The normalized spacial score (nSPS) is 19.7. The molecule has 0 spiro atoms. The summed E-state index contributed by atoms with van der Waals surface area (Å²) < 4.78 is 10.9. The minimum Gasteiger partial charge on any atom is -0.465 e. The zero-order chi connectivity index (χ0) is 15.1. The van der Waals surface area contributed by atoms with Gasteiger partial charge in [-0.05, 0) is 12.0 Å². The summed E-state index contributed by atoms with van der Waals surface area (Å²) in [7, 11) is 0. The summed E-state index contributed by atoms with van der Waals surface area (Å²) in [5, 5.41) is 18.6. The highest BCUT2D eigenvalue weighted by molar-refractivity contribution is 5.65. The van der Waals surface area contributed by atoms with Gasteiger partial charge in [0, 0.05) is 6.54 Å². The van der Waals surface area contributed by atoms with Crippen LogP contribution in [0.1, 0.15) is 12.0 Å². The molecule has 1 aliphatic rings. The number of nitrogens with zero attached hydrogens (tertiary/aromatic N) is 1. The Hall–Kier alpha value is -1.63. The van der Waals surface area contributed by atoms with Crippen molar-refractivity contribution in [1.29, 1.82) is 0 Å². The van der Waals surface area contributed by atoms with E-state index >= 15 is 0 Å². The van der Waals surface area contributed by atoms with E-state index in [2.05, 4.69) is 0 Å². The van der Waals surface area contributed by atoms with Gasteiger partial charge in [-0.2, -0.15) is 0 Å². The number of carbonyl (C=O) groups is 1. The molecule has 6 nitrogen and oxygen atoms in total. The van der Waals surface area contributed by atoms with E-state index in [-0.39, 0.29) is 19.3 Å². The summed E-state index contributed by atoms with van der Waals surface area (Å²) in [5.41, 5.74) is 1.05. The summed E-state index contributed by atoms with van der Waals surface area (Å²) >= 11 is 0. The second kappa shape index (κ2) is 7.97. The van der Waals surface area contributed by atoms with Gasteiger partial charge in [0.05, 0.1) is 32.5 Å². The minimum atomic E-state index is -0.923. The van der Waals surface area contributed by atoms with Gasteiger partial charge in [0.1, 0.15) is 6.10 Å². The molecule has 0 radical (unpaired) electrons. The van der Waals surface area contributed by atoms with E-state index in [4.69, 9.17) is 14.6 Å². The smallest absolute Gasteiger partial charge is 0.407 e. The SMILES string of the molecule is O=C(O)N1CCC(OCC(O)COCc2ccccc2)C1. The summed E-state index contributed by atoms with van der Waals surface area (Å²) in [6.45, 7) is 1.67. The van der Waals surface area contributed by atoms with E-state index in [1.54, 1.807) is 0 Å². The van der Waals surface area contributed by atoms with Crippen LogP contribution in [-0.4, -0.2) is 59.7 Å². The maximum atomic E-state index is 10.8. The van der Waals surface area contributed by atoms with Crippen molar-refractivity contribution < 1.29 is 24.5 Å². The van der Waals surface area contributed by atoms with Crippen LogP contribution in [0.2, 0.25) is 0 Å². The molecule has 1 saturated heterocycles. The third-order valence-electron chi connectivity index (χ3n) is 3.36. The van der Waals surface area contributed by atoms with Crippen molar-refractivity contribution in [2.45, 2.75) is 25.2 Å². The van der Waals surface area contributed by atoms with Crippen LogP contribution in [0.15, 0.2) is 30.3 Å². The van der Waals surface area contributed by atoms with Gasteiger partial charge in [0.15, 0.2) is 0 Å². The molecule has 116 valence electrons. The molecule has 1 fully saturated rings. The van der Waals surface area contributed by atoms with Gasteiger partial charge in [-0.15, -0.1) is 0 Å². The molecule has 2 rings (SSSR count). The highest BCUT2D eigenvalue weighted by atomic mass is 16.5. The molecule has 1 aromatic carbocycles. The minimum absolute atomic E-state index is 0.134. The summed E-state index contributed by atoms with van der Waals surface area (Å²) in [4.78, 5) is 12.1. The Bertz CT molecular complexity index is 439. The Morgan fingerprint density at radius 3 is 2.76 bits per heavy atom. The first-order valence-electron chi connectivity index (χ1n) is 7.04. The Morgan fingerprint density at radius 1 is 1.33 bits per heavy atom. The Labute approximate surface area is 123 Å². The topological polar surface area (TPSA) is 79.2 Å². The van der Waals surface area contributed by atoms with E-state index in [9.17, 15) is 9.90 Å². The van der Waals surface area contributed by atoms with Crippen molar-refractivity contribution in [3.05, 3.63) is 35.9 Å². The van der Waals surface area contributed by atoms with Crippen molar-refractivity contribution in [3.8, 4) is 0 Å². The first-order chi connectivity index (χ1) is 10.1. The van der Waals surface area contributed by atoms with Crippen molar-refractivity contribution in [3.63, 3.8) is 0 Å². The molecule has 2 unspecified atom stereocenters. The maximum Gasteiger partial charge on any atom is 0.407 e. The highest BCUT2D eigenvalue weighted by Gasteiger charge is 2.26. The van der Waals surface area contributed by atoms with E-state index in [1.807, 2.05) is 30.3 Å². The molecule has 21 heavy (non-hydrogen) atoms. The predicted molar refractivity (Wildman–Crippen MR) is 76.1 cm³/mol. The first kappa shape index (κ1) is 15.8. The number of carboxylic acid groups (broad SMARTS) is 1. The summed E-state index contributed by atoms with van der Waals surface area (Å²) in [6, 6.07) is 9.73. The van der Waals surface area contributed by atoms with Gasteiger partial charge < -0.3 is 24.6 Å². The third-order valence-corrected chi connectivity index (χ3v) is 3.36. The fourth-order valence-electron chi connectivity index (χ4n) is 2.22. The zero-order valence-electron chi connectivity index (χ0n) is 11.9. The molecule has 1 heterocycles. The first-order valence-corrected chi connectivity index (χ1v) is 7.04. The second-order valence-corrected chi connectivity index (χ2v) is 5.13. The fraction of sp³-hybridized carbons (Fsp3) is 0.533. The number of rotatable bonds is 7. The lowest BCUT2D eigenvalue weighted by Crippen LogP contribution is -2.30. The molecule has 1 aliphatic heterocycles. The third kappa shape index (κ3) is 5.34. The lowest BCUT2D eigenvalue weighted by Gasteiger charge is -2.16. The Morgan fingerprint density at radius 2 is 2.10 bits per heavy atom. The Kier molecular flexibility index (Phi) is 5.98. The number of likely N-dealkylation sites (tertiary alicyclic amines) is 1. The number of ether oxygens (including phenoxy) is 2. The second-order valence-electron chi connectivity index (χ2n) is 5.13. The number of amides is 1. The van der Waals surface area contributed by atoms with Gasteiger partial charge in [0.2, 0.25) is 0 Å².